The Morgan fingerprint density at radius 2 is 2.14 bits per heavy atom. The highest BCUT2D eigenvalue weighted by Crippen LogP contribution is 2.05. The second-order valence-electron chi connectivity index (χ2n) is 4.85. The van der Waals surface area contributed by atoms with E-state index in [9.17, 15) is 0 Å². The summed E-state index contributed by atoms with van der Waals surface area (Å²) in [5.74, 6) is 0. The lowest BCUT2D eigenvalue weighted by molar-refractivity contribution is 0.619. The van der Waals surface area contributed by atoms with E-state index in [-0.39, 0.29) is 0 Å². The molecule has 1 fully saturated rings. The monoisotopic (exact) mass is 304 g/mol. The molecule has 0 spiro atoms. The minimum Gasteiger partial charge on any atom is -0.397 e. The van der Waals surface area contributed by atoms with Gasteiger partial charge in [0.25, 0.3) is 0 Å². The summed E-state index contributed by atoms with van der Waals surface area (Å²) < 4.78 is 0. The topological polar surface area (TPSA) is 63.3 Å². The summed E-state index contributed by atoms with van der Waals surface area (Å²) in [4.78, 5) is 8.51. The summed E-state index contributed by atoms with van der Waals surface area (Å²) >= 11 is 0. The van der Waals surface area contributed by atoms with Gasteiger partial charge in [-0.05, 0) is 37.6 Å². The Morgan fingerprint density at radius 3 is 2.68 bits per heavy atom. The van der Waals surface area contributed by atoms with E-state index in [4.69, 9.17) is 5.73 Å². The summed E-state index contributed by atoms with van der Waals surface area (Å²) in [7, 11) is 0. The number of nitrogens with zero attached hydrogens (tertiary/aromatic N) is 2. The van der Waals surface area contributed by atoms with Crippen LogP contribution in [0.5, 0.6) is 0 Å². The zero-order valence-electron chi connectivity index (χ0n) is 14.5. The average Bonchev–Trinajstić information content (AvgIpc) is 3.08. The van der Waals surface area contributed by atoms with E-state index >= 15 is 0 Å². The smallest absolute Gasteiger partial charge is 0.0859 e. The van der Waals surface area contributed by atoms with Crippen molar-refractivity contribution in [2.24, 2.45) is 10.7 Å². The van der Waals surface area contributed by atoms with Crippen molar-refractivity contribution in [3.05, 3.63) is 36.2 Å². The van der Waals surface area contributed by atoms with E-state index in [2.05, 4.69) is 29.1 Å². The Bertz CT molecular complexity index is 406. The lowest BCUT2D eigenvalue weighted by Gasteiger charge is -2.04. The van der Waals surface area contributed by atoms with Crippen molar-refractivity contribution in [3.63, 3.8) is 0 Å². The van der Waals surface area contributed by atoms with Gasteiger partial charge in [0.05, 0.1) is 17.9 Å². The Morgan fingerprint density at radius 1 is 1.41 bits per heavy atom. The predicted octanol–water partition coefficient (Wildman–Crippen LogP) is 3.65. The first-order chi connectivity index (χ1) is 10.8. The third-order valence-electron chi connectivity index (χ3n) is 2.81. The van der Waals surface area contributed by atoms with Crippen molar-refractivity contribution in [2.45, 2.75) is 53.0 Å². The number of pyridine rings is 1. The fourth-order valence-electron chi connectivity index (χ4n) is 1.85. The summed E-state index contributed by atoms with van der Waals surface area (Å²) in [6.07, 6.45) is 9.03. The molecule has 4 nitrogen and oxygen atoms in total. The van der Waals surface area contributed by atoms with E-state index < -0.39 is 0 Å². The molecule has 124 valence electrons. The van der Waals surface area contributed by atoms with Gasteiger partial charge >= 0.3 is 0 Å². The van der Waals surface area contributed by atoms with Gasteiger partial charge in [-0.15, -0.1) is 0 Å². The lowest BCUT2D eigenvalue weighted by atomic mass is 10.2. The quantitative estimate of drug-likeness (QED) is 0.835. The van der Waals surface area contributed by atoms with E-state index in [0.29, 0.717) is 11.7 Å². The molecule has 2 heterocycles. The Kier molecular flexibility index (Phi) is 13.2. The van der Waals surface area contributed by atoms with Crippen molar-refractivity contribution in [2.75, 3.05) is 13.1 Å². The highest BCUT2D eigenvalue weighted by atomic mass is 15.0. The third-order valence-corrected chi connectivity index (χ3v) is 2.81. The average molecular weight is 304 g/mol. The van der Waals surface area contributed by atoms with Crippen LogP contribution in [-0.2, 0) is 0 Å². The number of hydrogen-bond donors (Lipinski definition) is 2. The Hall–Kier alpha value is -1.68. The molecule has 22 heavy (non-hydrogen) atoms. The first-order valence-electron chi connectivity index (χ1n) is 8.38. The number of rotatable bonds is 4. The molecule has 0 unspecified atom stereocenters. The molecule has 0 bridgehead atoms. The first kappa shape index (κ1) is 20.3. The van der Waals surface area contributed by atoms with Crippen molar-refractivity contribution in [1.29, 1.82) is 0 Å². The maximum absolute atomic E-state index is 5.88. The molecule has 0 amide bonds. The molecule has 0 radical (unpaired) electrons. The van der Waals surface area contributed by atoms with Gasteiger partial charge in [0.1, 0.15) is 0 Å². The Balaban J connectivity index is 0.000000789. The lowest BCUT2D eigenvalue weighted by Crippen LogP contribution is -2.24. The number of nitrogens with two attached hydrogens (primary N) is 1. The SMILES string of the molecule is CC.CCC.N/C(=C\C=NC[C@@H]1CCCN1)c1ccccn1. The zero-order chi connectivity index (χ0) is 16.6. The molecule has 1 aliphatic rings. The molecular formula is C18H32N4. The molecule has 0 aromatic carbocycles. The van der Waals surface area contributed by atoms with Crippen molar-refractivity contribution < 1.29 is 0 Å². The van der Waals surface area contributed by atoms with Gasteiger partial charge < -0.3 is 11.1 Å². The summed E-state index contributed by atoms with van der Waals surface area (Å²) in [5, 5.41) is 3.40. The number of aliphatic imine (C=N–C) groups is 1. The molecule has 1 aromatic heterocycles. The minimum absolute atomic E-state index is 0.538. The van der Waals surface area contributed by atoms with Crippen molar-refractivity contribution >= 4 is 11.9 Å². The van der Waals surface area contributed by atoms with Crippen LogP contribution in [0.3, 0.4) is 0 Å². The van der Waals surface area contributed by atoms with Crippen LogP contribution in [0, 0.1) is 0 Å². The summed E-state index contributed by atoms with van der Waals surface area (Å²) in [6, 6.07) is 6.22. The molecule has 4 heteroatoms. The van der Waals surface area contributed by atoms with Crippen LogP contribution < -0.4 is 11.1 Å². The van der Waals surface area contributed by atoms with E-state index in [1.807, 2.05) is 32.0 Å². The molecule has 3 N–H and O–H groups in total. The normalized spacial score (nSPS) is 17.5. The highest BCUT2D eigenvalue weighted by Gasteiger charge is 2.11. The van der Waals surface area contributed by atoms with Crippen LogP contribution >= 0.6 is 0 Å². The predicted molar refractivity (Wildman–Crippen MR) is 98.1 cm³/mol. The minimum atomic E-state index is 0.538. The molecule has 0 aliphatic carbocycles. The van der Waals surface area contributed by atoms with E-state index in [1.54, 1.807) is 18.5 Å². The van der Waals surface area contributed by atoms with Crippen LogP contribution in [0.15, 0.2) is 35.5 Å². The molecule has 1 aromatic rings. The second-order valence-corrected chi connectivity index (χ2v) is 4.85. The maximum Gasteiger partial charge on any atom is 0.0859 e. The van der Waals surface area contributed by atoms with Crippen LogP contribution in [0.4, 0.5) is 0 Å². The number of aromatic nitrogens is 1. The fraction of sp³-hybridized carbons (Fsp3) is 0.556. The van der Waals surface area contributed by atoms with Crippen LogP contribution in [0.1, 0.15) is 52.7 Å². The highest BCUT2D eigenvalue weighted by molar-refractivity contribution is 5.82. The van der Waals surface area contributed by atoms with Gasteiger partial charge in [0, 0.05) is 18.5 Å². The first-order valence-corrected chi connectivity index (χ1v) is 8.38. The third kappa shape index (κ3) is 9.29. The standard InChI is InChI=1S/C13H18N4.C3H8.C2H6/c14-12(13-5-1-2-7-17-13)6-9-15-10-11-4-3-8-16-11;1-3-2;1-2/h1-2,5-7,9,11,16H,3-4,8,10,14H2;3H2,1-2H3;1-2H3/b12-6-,15-9?;;/t11-;;/m0../s1. The van der Waals surface area contributed by atoms with Gasteiger partial charge in [-0.25, -0.2) is 0 Å². The molecule has 1 atom stereocenters. The van der Waals surface area contributed by atoms with Gasteiger partial charge in [-0.2, -0.15) is 0 Å². The van der Waals surface area contributed by atoms with Crippen LogP contribution in [-0.4, -0.2) is 30.3 Å². The fourth-order valence-corrected chi connectivity index (χ4v) is 1.85. The summed E-state index contributed by atoms with van der Waals surface area (Å²) in [6.45, 7) is 10.2. The Labute approximate surface area is 135 Å². The van der Waals surface area contributed by atoms with E-state index in [0.717, 1.165) is 18.8 Å². The van der Waals surface area contributed by atoms with Crippen LogP contribution in [0.25, 0.3) is 5.70 Å². The second kappa shape index (κ2) is 14.3. The largest absolute Gasteiger partial charge is 0.397 e. The number of allylic oxidation sites excluding steroid dienone is 1. The number of hydrogen-bond acceptors (Lipinski definition) is 4. The molecule has 0 saturated carbocycles. The summed E-state index contributed by atoms with van der Waals surface area (Å²) in [5.41, 5.74) is 7.32. The molecule has 1 saturated heterocycles. The van der Waals surface area contributed by atoms with Gasteiger partial charge in [0.15, 0.2) is 0 Å². The van der Waals surface area contributed by atoms with Gasteiger partial charge in [-0.3, -0.25) is 9.98 Å². The van der Waals surface area contributed by atoms with Crippen LogP contribution in [0.2, 0.25) is 0 Å². The van der Waals surface area contributed by atoms with Crippen molar-refractivity contribution in [3.8, 4) is 0 Å². The number of nitrogens with one attached hydrogen (secondary N) is 1. The van der Waals surface area contributed by atoms with Crippen molar-refractivity contribution in [1.82, 2.24) is 10.3 Å². The molecule has 2 rings (SSSR count). The van der Waals surface area contributed by atoms with Gasteiger partial charge in [-0.1, -0.05) is 40.2 Å². The maximum atomic E-state index is 5.88. The zero-order valence-corrected chi connectivity index (χ0v) is 14.5. The van der Waals surface area contributed by atoms with E-state index in [1.165, 1.54) is 19.3 Å². The molecular weight excluding hydrogens is 272 g/mol. The van der Waals surface area contributed by atoms with Gasteiger partial charge in [0.2, 0.25) is 0 Å². The molecule has 1 aliphatic heterocycles.